The Morgan fingerprint density at radius 1 is 0.789 bits per heavy atom. The van der Waals surface area contributed by atoms with Gasteiger partial charge in [-0.15, -0.1) is 9.68 Å². The van der Waals surface area contributed by atoms with Gasteiger partial charge >= 0.3 is 8.61 Å². The molecule has 0 aliphatic heterocycles. The summed E-state index contributed by atoms with van der Waals surface area (Å²) in [6.07, 6.45) is 0. The van der Waals surface area contributed by atoms with E-state index in [9.17, 15) is 4.57 Å². The summed E-state index contributed by atoms with van der Waals surface area (Å²) in [6, 6.07) is 19.3. The lowest BCUT2D eigenvalue weighted by molar-refractivity contribution is -0.231. The van der Waals surface area contributed by atoms with Gasteiger partial charge in [0.25, 0.3) is 0 Å². The molecular formula is C14H16NO3P+. The minimum atomic E-state index is -1.29. The van der Waals surface area contributed by atoms with Crippen LogP contribution in [0.4, 0.5) is 0 Å². The van der Waals surface area contributed by atoms with E-state index in [4.69, 9.17) is 9.68 Å². The Kier molecular flexibility index (Phi) is 5.79. The molecule has 0 aliphatic carbocycles. The molecule has 1 unspecified atom stereocenters. The van der Waals surface area contributed by atoms with Crippen LogP contribution in [-0.2, 0) is 27.5 Å². The molecule has 0 heterocycles. The highest BCUT2D eigenvalue weighted by Gasteiger charge is 2.17. The Labute approximate surface area is 113 Å². The predicted molar refractivity (Wildman–Crippen MR) is 75.0 cm³/mol. The largest absolute Gasteiger partial charge is 0.349 e. The van der Waals surface area contributed by atoms with Crippen LogP contribution in [0.25, 0.3) is 0 Å². The van der Waals surface area contributed by atoms with Crippen molar-refractivity contribution >= 4 is 8.61 Å². The zero-order valence-electron chi connectivity index (χ0n) is 10.4. The first-order chi connectivity index (χ1) is 9.38. The van der Waals surface area contributed by atoms with Gasteiger partial charge in [-0.2, -0.15) is 0 Å². The molecule has 19 heavy (non-hydrogen) atoms. The second-order valence-electron chi connectivity index (χ2n) is 3.91. The summed E-state index contributed by atoms with van der Waals surface area (Å²) in [7, 11) is -1.29. The lowest BCUT2D eigenvalue weighted by Gasteiger charge is -2.03. The van der Waals surface area contributed by atoms with Crippen molar-refractivity contribution < 1.29 is 14.2 Å². The first kappa shape index (κ1) is 14.0. The molecule has 1 atom stereocenters. The standard InChI is InChI=1S/C14H16NO3P/c16-19-15(17-11-13-7-3-1-4-8-13)18-12-14-9-5-2-6-10-14/h1-10H,11-12,19H2/q+1. The van der Waals surface area contributed by atoms with E-state index in [1.165, 1.54) is 0 Å². The van der Waals surface area contributed by atoms with Gasteiger partial charge in [0.05, 0.1) is 0 Å². The van der Waals surface area contributed by atoms with Gasteiger partial charge in [0.2, 0.25) is 5.00 Å². The molecule has 0 amide bonds. The van der Waals surface area contributed by atoms with Gasteiger partial charge in [-0.05, 0) is 11.1 Å². The molecule has 0 fully saturated rings. The molecule has 0 saturated heterocycles. The maximum Gasteiger partial charge on any atom is 0.349 e. The van der Waals surface area contributed by atoms with Gasteiger partial charge in [0.15, 0.2) is 0 Å². The lowest BCUT2D eigenvalue weighted by Crippen LogP contribution is -2.19. The molecule has 0 N–H and O–H groups in total. The van der Waals surface area contributed by atoms with Crippen molar-refractivity contribution in [1.82, 2.24) is 5.00 Å². The second kappa shape index (κ2) is 7.87. The fraction of sp³-hybridized carbons (Fsp3) is 0.143. The maximum atomic E-state index is 11.0. The highest BCUT2D eigenvalue weighted by molar-refractivity contribution is 7.21. The molecule has 99 valence electrons. The molecule has 5 heteroatoms. The fourth-order valence-corrected chi connectivity index (χ4v) is 1.79. The van der Waals surface area contributed by atoms with Crippen LogP contribution in [-0.4, -0.2) is 0 Å². The summed E-state index contributed by atoms with van der Waals surface area (Å²) in [5.41, 5.74) is 2.01. The normalized spacial score (nSPS) is 11.4. The molecule has 0 bridgehead atoms. The third-order valence-electron chi connectivity index (χ3n) is 2.49. The van der Waals surface area contributed by atoms with Crippen LogP contribution in [0.3, 0.4) is 0 Å². The topological polar surface area (TPSA) is 41.4 Å². The Morgan fingerprint density at radius 3 is 1.58 bits per heavy atom. The van der Waals surface area contributed by atoms with Crippen molar-refractivity contribution in [2.24, 2.45) is 0 Å². The summed E-state index contributed by atoms with van der Waals surface area (Å²) in [5.74, 6) is 0. The van der Waals surface area contributed by atoms with E-state index in [1.807, 2.05) is 60.7 Å². The van der Waals surface area contributed by atoms with Crippen LogP contribution in [0.1, 0.15) is 11.1 Å². The molecule has 0 aromatic heterocycles. The van der Waals surface area contributed by atoms with Gasteiger partial charge in [0.1, 0.15) is 13.2 Å². The third-order valence-corrected chi connectivity index (χ3v) is 2.96. The molecule has 0 saturated carbocycles. The number of hydrogen-bond acceptors (Lipinski definition) is 3. The molecule has 2 rings (SSSR count). The van der Waals surface area contributed by atoms with Crippen LogP contribution in [0.5, 0.6) is 0 Å². The SMILES string of the molecule is O=[PH2][N+](OCc1ccccc1)OCc1ccccc1. The zero-order chi connectivity index (χ0) is 13.3. The average molecular weight is 277 g/mol. The number of nitrogens with zero attached hydrogens (tertiary/aromatic N) is 1. The minimum absolute atomic E-state index is 0.338. The molecule has 0 spiro atoms. The van der Waals surface area contributed by atoms with Gasteiger partial charge in [-0.1, -0.05) is 60.7 Å². The van der Waals surface area contributed by atoms with Crippen LogP contribution < -0.4 is 5.00 Å². The van der Waals surface area contributed by atoms with Gasteiger partial charge < -0.3 is 0 Å². The first-order valence-electron chi connectivity index (χ1n) is 5.96. The summed E-state index contributed by atoms with van der Waals surface area (Å²) >= 11 is 0. The molecule has 2 aromatic carbocycles. The summed E-state index contributed by atoms with van der Waals surface area (Å²) in [6.45, 7) is 0.676. The van der Waals surface area contributed by atoms with E-state index >= 15 is 0 Å². The summed E-state index contributed by atoms with van der Waals surface area (Å²) in [4.78, 5) is 11.7. The van der Waals surface area contributed by atoms with Crippen molar-refractivity contribution in [3.8, 4) is 0 Å². The van der Waals surface area contributed by atoms with Crippen molar-refractivity contribution in [3.05, 3.63) is 71.8 Å². The van der Waals surface area contributed by atoms with Crippen LogP contribution in [0.15, 0.2) is 60.7 Å². The van der Waals surface area contributed by atoms with Gasteiger partial charge in [0, 0.05) is 0 Å². The number of rotatable bonds is 7. The van der Waals surface area contributed by atoms with Crippen molar-refractivity contribution in [2.75, 3.05) is 0 Å². The molecule has 4 nitrogen and oxygen atoms in total. The van der Waals surface area contributed by atoms with E-state index < -0.39 is 8.61 Å². The fourth-order valence-electron chi connectivity index (χ4n) is 1.52. The van der Waals surface area contributed by atoms with Crippen LogP contribution in [0.2, 0.25) is 0 Å². The Hall–Kier alpha value is -1.45. The number of hydrogen-bond donors (Lipinski definition) is 0. The van der Waals surface area contributed by atoms with E-state index in [2.05, 4.69) is 0 Å². The number of benzene rings is 2. The summed E-state index contributed by atoms with van der Waals surface area (Å²) < 4.78 is 11.0. The second-order valence-corrected chi connectivity index (χ2v) is 4.54. The van der Waals surface area contributed by atoms with E-state index in [1.54, 1.807) is 0 Å². The smallest absolute Gasteiger partial charge is 0.252 e. The quantitative estimate of drug-likeness (QED) is 0.577. The molecule has 2 aromatic rings. The van der Waals surface area contributed by atoms with Gasteiger partial charge in [-0.3, -0.25) is 4.57 Å². The molecule has 0 aliphatic rings. The Morgan fingerprint density at radius 2 is 1.21 bits per heavy atom. The predicted octanol–water partition coefficient (Wildman–Crippen LogP) is 3.06. The molecule has 1 radical (unpaired) electrons. The summed E-state index contributed by atoms with van der Waals surface area (Å²) in [5, 5.41) is 0. The molecular weight excluding hydrogens is 261 g/mol. The highest BCUT2D eigenvalue weighted by Crippen LogP contribution is 2.10. The third kappa shape index (κ3) is 4.97. The van der Waals surface area contributed by atoms with Crippen LogP contribution >= 0.6 is 8.61 Å². The van der Waals surface area contributed by atoms with Crippen molar-refractivity contribution in [1.29, 1.82) is 0 Å². The Bertz CT molecular complexity index is 449. The maximum absolute atomic E-state index is 11.0. The van der Waals surface area contributed by atoms with E-state index in [0.717, 1.165) is 16.1 Å². The lowest BCUT2D eigenvalue weighted by atomic mass is 10.2. The van der Waals surface area contributed by atoms with Gasteiger partial charge in [-0.25, -0.2) is 0 Å². The zero-order valence-corrected chi connectivity index (χ0v) is 11.6. The minimum Gasteiger partial charge on any atom is -0.252 e. The first-order valence-corrected chi connectivity index (χ1v) is 6.95. The van der Waals surface area contributed by atoms with Crippen LogP contribution in [0, 0.1) is 0 Å². The Balaban J connectivity index is 1.79. The van der Waals surface area contributed by atoms with Crippen molar-refractivity contribution in [3.63, 3.8) is 0 Å². The van der Waals surface area contributed by atoms with Crippen molar-refractivity contribution in [2.45, 2.75) is 13.2 Å². The van der Waals surface area contributed by atoms with E-state index in [-0.39, 0.29) is 0 Å². The monoisotopic (exact) mass is 277 g/mol. The average Bonchev–Trinajstić information content (AvgIpc) is 2.49. The van der Waals surface area contributed by atoms with E-state index in [0.29, 0.717) is 13.2 Å². The highest BCUT2D eigenvalue weighted by atomic mass is 31.1.